The maximum atomic E-state index is 13.2. The molecule has 0 spiro atoms. The molecule has 6 nitrogen and oxygen atoms in total. The molecule has 2 N–H and O–H groups in total. The first-order valence-electron chi connectivity index (χ1n) is 9.19. The molecule has 0 unspecified atom stereocenters. The summed E-state index contributed by atoms with van der Waals surface area (Å²) >= 11 is 5.76. The van der Waals surface area contributed by atoms with Crippen molar-refractivity contribution in [2.75, 3.05) is 6.61 Å². The lowest BCUT2D eigenvalue weighted by atomic mass is 9.79. The molecule has 0 bridgehead atoms. The molecule has 1 saturated carbocycles. The standard InChI is InChI=1S/C21H20ClFN2O4/c22-16-7-3-14(4-8-16)19(27)25-24-18(26)13-29-20(28)21(11-1-2-12-21)15-5-9-17(23)10-6-15/h3-10H,1-2,11-13H2,(H,24,26)(H,25,27). The maximum absolute atomic E-state index is 13.2. The van der Waals surface area contributed by atoms with Gasteiger partial charge in [0.05, 0.1) is 5.41 Å². The third kappa shape index (κ3) is 4.92. The number of amides is 2. The van der Waals surface area contributed by atoms with Gasteiger partial charge in [-0.15, -0.1) is 0 Å². The summed E-state index contributed by atoms with van der Waals surface area (Å²) in [6.07, 6.45) is 2.84. The second-order valence-electron chi connectivity index (χ2n) is 6.88. The highest BCUT2D eigenvalue weighted by Gasteiger charge is 2.44. The number of carbonyl (C=O) groups excluding carboxylic acids is 3. The second-order valence-corrected chi connectivity index (χ2v) is 7.32. The predicted molar refractivity (Wildman–Crippen MR) is 105 cm³/mol. The number of hydrazine groups is 1. The molecule has 2 aromatic carbocycles. The third-order valence-electron chi connectivity index (χ3n) is 5.00. The summed E-state index contributed by atoms with van der Waals surface area (Å²) < 4.78 is 18.5. The molecule has 2 amide bonds. The zero-order valence-electron chi connectivity index (χ0n) is 15.5. The van der Waals surface area contributed by atoms with Crippen molar-refractivity contribution < 1.29 is 23.5 Å². The van der Waals surface area contributed by atoms with Gasteiger partial charge < -0.3 is 4.74 Å². The molecular weight excluding hydrogens is 399 g/mol. The lowest BCUT2D eigenvalue weighted by molar-refractivity contribution is -0.154. The van der Waals surface area contributed by atoms with Crippen molar-refractivity contribution in [1.29, 1.82) is 0 Å². The molecule has 152 valence electrons. The van der Waals surface area contributed by atoms with Gasteiger partial charge in [-0.1, -0.05) is 36.6 Å². The Morgan fingerprint density at radius 2 is 1.59 bits per heavy atom. The lowest BCUT2D eigenvalue weighted by Gasteiger charge is -2.27. The van der Waals surface area contributed by atoms with Crippen LogP contribution in [0.25, 0.3) is 0 Å². The quantitative estimate of drug-likeness (QED) is 0.576. The van der Waals surface area contributed by atoms with Crippen molar-refractivity contribution in [2.24, 2.45) is 0 Å². The van der Waals surface area contributed by atoms with E-state index >= 15 is 0 Å². The van der Waals surface area contributed by atoms with E-state index in [-0.39, 0.29) is 5.82 Å². The Balaban J connectivity index is 1.54. The predicted octanol–water partition coefficient (Wildman–Crippen LogP) is 3.30. The first-order valence-corrected chi connectivity index (χ1v) is 9.56. The number of ether oxygens (including phenoxy) is 1. The molecule has 8 heteroatoms. The van der Waals surface area contributed by atoms with Crippen LogP contribution in [0, 0.1) is 5.82 Å². The van der Waals surface area contributed by atoms with Crippen LogP contribution in [-0.2, 0) is 19.7 Å². The Bertz CT molecular complexity index is 894. The van der Waals surface area contributed by atoms with Gasteiger partial charge in [0.1, 0.15) is 5.82 Å². The van der Waals surface area contributed by atoms with Gasteiger partial charge in [0, 0.05) is 10.6 Å². The number of hydrogen-bond donors (Lipinski definition) is 2. The fourth-order valence-electron chi connectivity index (χ4n) is 3.46. The molecule has 29 heavy (non-hydrogen) atoms. The van der Waals surface area contributed by atoms with Gasteiger partial charge in [-0.25, -0.2) is 4.39 Å². The van der Waals surface area contributed by atoms with E-state index in [2.05, 4.69) is 10.9 Å². The van der Waals surface area contributed by atoms with E-state index in [1.165, 1.54) is 24.3 Å². The van der Waals surface area contributed by atoms with Crippen molar-refractivity contribution in [1.82, 2.24) is 10.9 Å². The van der Waals surface area contributed by atoms with Gasteiger partial charge in [-0.2, -0.15) is 0 Å². The van der Waals surface area contributed by atoms with Crippen LogP contribution in [0.1, 0.15) is 41.6 Å². The minimum Gasteiger partial charge on any atom is -0.455 e. The first-order chi connectivity index (χ1) is 13.9. The molecule has 0 atom stereocenters. The van der Waals surface area contributed by atoms with Crippen LogP contribution in [-0.4, -0.2) is 24.4 Å². The summed E-state index contributed by atoms with van der Waals surface area (Å²) in [6, 6.07) is 11.9. The van der Waals surface area contributed by atoms with Gasteiger partial charge >= 0.3 is 5.97 Å². The van der Waals surface area contributed by atoms with Gasteiger partial charge in [0.2, 0.25) is 0 Å². The summed E-state index contributed by atoms with van der Waals surface area (Å²) in [5, 5.41) is 0.486. The smallest absolute Gasteiger partial charge is 0.317 e. The lowest BCUT2D eigenvalue weighted by Crippen LogP contribution is -2.44. The Kier molecular flexibility index (Phi) is 6.49. The third-order valence-corrected chi connectivity index (χ3v) is 5.25. The molecule has 0 saturated heterocycles. The zero-order valence-corrected chi connectivity index (χ0v) is 16.3. The van der Waals surface area contributed by atoms with Crippen LogP contribution in [0.4, 0.5) is 4.39 Å². The monoisotopic (exact) mass is 418 g/mol. The van der Waals surface area contributed by atoms with E-state index in [4.69, 9.17) is 16.3 Å². The van der Waals surface area contributed by atoms with Crippen LogP contribution in [0.15, 0.2) is 48.5 Å². The van der Waals surface area contributed by atoms with Crippen LogP contribution in [0.3, 0.4) is 0 Å². The number of carbonyl (C=O) groups is 3. The molecule has 0 heterocycles. The van der Waals surface area contributed by atoms with Gasteiger partial charge in [-0.05, 0) is 54.8 Å². The molecular formula is C21H20ClFN2O4. The van der Waals surface area contributed by atoms with Crippen LogP contribution >= 0.6 is 11.6 Å². The van der Waals surface area contributed by atoms with E-state index in [0.717, 1.165) is 12.8 Å². The minimum absolute atomic E-state index is 0.313. The van der Waals surface area contributed by atoms with E-state index in [1.807, 2.05) is 0 Å². The molecule has 1 aliphatic rings. The van der Waals surface area contributed by atoms with E-state index in [9.17, 15) is 18.8 Å². The van der Waals surface area contributed by atoms with E-state index < -0.39 is 29.8 Å². The summed E-state index contributed by atoms with van der Waals surface area (Å²) in [5.74, 6) is -2.11. The highest BCUT2D eigenvalue weighted by atomic mass is 35.5. The highest BCUT2D eigenvalue weighted by Crippen LogP contribution is 2.42. The summed E-state index contributed by atoms with van der Waals surface area (Å²) in [5.41, 5.74) is 4.56. The van der Waals surface area contributed by atoms with Crippen LogP contribution < -0.4 is 10.9 Å². The van der Waals surface area contributed by atoms with Crippen molar-refractivity contribution in [3.05, 3.63) is 70.5 Å². The average Bonchev–Trinajstić information content (AvgIpc) is 3.22. The number of benzene rings is 2. The zero-order chi connectivity index (χ0) is 20.9. The van der Waals surface area contributed by atoms with Crippen molar-refractivity contribution in [3.8, 4) is 0 Å². The number of nitrogens with one attached hydrogen (secondary N) is 2. The Hall–Kier alpha value is -2.93. The molecule has 3 rings (SSSR count). The fraction of sp³-hybridized carbons (Fsp3) is 0.286. The van der Waals surface area contributed by atoms with Gasteiger partial charge in [-0.3, -0.25) is 25.2 Å². The largest absolute Gasteiger partial charge is 0.455 e. The first kappa shape index (κ1) is 20.8. The Labute approximate surface area is 172 Å². The highest BCUT2D eigenvalue weighted by molar-refractivity contribution is 6.30. The summed E-state index contributed by atoms with van der Waals surface area (Å²) in [4.78, 5) is 36.7. The van der Waals surface area contributed by atoms with Gasteiger partial charge in [0.25, 0.3) is 11.8 Å². The summed E-state index contributed by atoms with van der Waals surface area (Å²) in [6.45, 7) is -0.539. The molecule has 0 aromatic heterocycles. The van der Waals surface area contributed by atoms with Crippen LogP contribution in [0.5, 0.6) is 0 Å². The summed E-state index contributed by atoms with van der Waals surface area (Å²) in [7, 11) is 0. The molecule has 2 aromatic rings. The van der Waals surface area contributed by atoms with Crippen molar-refractivity contribution in [2.45, 2.75) is 31.1 Å². The number of halogens is 2. The number of esters is 1. The topological polar surface area (TPSA) is 84.5 Å². The van der Waals surface area contributed by atoms with E-state index in [1.54, 1.807) is 24.3 Å². The number of rotatable bonds is 5. The van der Waals surface area contributed by atoms with Crippen molar-refractivity contribution >= 4 is 29.4 Å². The SMILES string of the molecule is O=C(COC(=O)C1(c2ccc(F)cc2)CCCC1)NNC(=O)c1ccc(Cl)cc1. The number of hydrogen-bond acceptors (Lipinski definition) is 4. The maximum Gasteiger partial charge on any atom is 0.317 e. The van der Waals surface area contributed by atoms with Crippen molar-refractivity contribution in [3.63, 3.8) is 0 Å². The van der Waals surface area contributed by atoms with Crippen LogP contribution in [0.2, 0.25) is 5.02 Å². The molecule has 1 fully saturated rings. The minimum atomic E-state index is -0.874. The fourth-order valence-corrected chi connectivity index (χ4v) is 3.59. The second kappa shape index (κ2) is 9.05. The Morgan fingerprint density at radius 1 is 0.966 bits per heavy atom. The normalized spacial score (nSPS) is 14.8. The molecule has 0 radical (unpaired) electrons. The Morgan fingerprint density at radius 3 is 2.21 bits per heavy atom. The van der Waals surface area contributed by atoms with Gasteiger partial charge in [0.15, 0.2) is 6.61 Å². The molecule has 1 aliphatic carbocycles. The van der Waals surface area contributed by atoms with E-state index in [0.29, 0.717) is 29.0 Å². The molecule has 0 aliphatic heterocycles. The average molecular weight is 419 g/mol.